The molecular weight excluding hydrogens is 384 g/mol. The van der Waals surface area contributed by atoms with Crippen LogP contribution in [0.5, 0.6) is 0 Å². The van der Waals surface area contributed by atoms with Crippen LogP contribution in [0.15, 0.2) is 24.3 Å². The van der Waals surface area contributed by atoms with E-state index >= 15 is 0 Å². The highest BCUT2D eigenvalue weighted by atomic mass is 16.8. The van der Waals surface area contributed by atoms with E-state index in [9.17, 15) is 14.7 Å². The predicted octanol–water partition coefficient (Wildman–Crippen LogP) is 2.55. The summed E-state index contributed by atoms with van der Waals surface area (Å²) in [5.41, 5.74) is -1.57. The van der Waals surface area contributed by atoms with Crippen LogP contribution in [0.25, 0.3) is 0 Å². The number of allylic oxidation sites excluding steroid dienone is 1. The van der Waals surface area contributed by atoms with Crippen molar-refractivity contribution >= 4 is 11.6 Å². The Morgan fingerprint density at radius 2 is 1.77 bits per heavy atom. The number of ketones is 2. The molecule has 3 spiro atoms. The topological polar surface area (TPSA) is 82.1 Å². The minimum absolute atomic E-state index is 0.0640. The standard InChI is InChI=1S/C24H30O6/c1-11-9-20(3,4)15-18(27)24-23-14(22(15,10-28-24)16(11)25)8-7-13(12(2)17(23)26)19(23)29-21(5,6)30-24/h13-15,18-19,27H,1-2,7-10H2,3-6H3/t13-,14-,15+,18-,19+,22-,23-,24?/m0/s1. The lowest BCUT2D eigenvalue weighted by Gasteiger charge is -2.76. The monoisotopic (exact) mass is 414 g/mol. The van der Waals surface area contributed by atoms with Gasteiger partial charge in [-0.05, 0) is 55.6 Å². The molecule has 7 fully saturated rings. The number of fused-ring (bicyclic) bond motifs is 1. The Labute approximate surface area is 176 Å². The van der Waals surface area contributed by atoms with E-state index in [2.05, 4.69) is 27.0 Å². The number of rotatable bonds is 0. The van der Waals surface area contributed by atoms with Crippen molar-refractivity contribution in [2.45, 2.75) is 70.7 Å². The van der Waals surface area contributed by atoms with Gasteiger partial charge in [-0.15, -0.1) is 0 Å². The summed E-state index contributed by atoms with van der Waals surface area (Å²) in [5.74, 6) is -3.67. The molecule has 7 aliphatic rings. The molecule has 8 atom stereocenters. The Hall–Kier alpha value is -1.34. The maximum atomic E-state index is 13.9. The maximum absolute atomic E-state index is 13.9. The number of ether oxygens (including phenoxy) is 3. The molecule has 0 aromatic rings. The van der Waals surface area contributed by atoms with E-state index in [4.69, 9.17) is 14.2 Å². The van der Waals surface area contributed by atoms with Gasteiger partial charge < -0.3 is 19.3 Å². The van der Waals surface area contributed by atoms with Crippen LogP contribution in [-0.4, -0.2) is 47.1 Å². The molecule has 0 radical (unpaired) electrons. The molecule has 4 saturated carbocycles. The van der Waals surface area contributed by atoms with Gasteiger partial charge in [0.05, 0.1) is 18.1 Å². The minimum atomic E-state index is -1.54. The lowest BCUT2D eigenvalue weighted by Crippen LogP contribution is -2.88. The van der Waals surface area contributed by atoms with Crippen LogP contribution < -0.4 is 0 Å². The van der Waals surface area contributed by atoms with E-state index in [-0.39, 0.29) is 41.3 Å². The number of hydrogen-bond acceptors (Lipinski definition) is 6. The number of aliphatic hydroxyl groups excluding tert-OH is 1. The van der Waals surface area contributed by atoms with Crippen LogP contribution in [0.3, 0.4) is 0 Å². The Kier molecular flexibility index (Phi) is 3.23. The Balaban J connectivity index is 1.70. The molecule has 3 aliphatic heterocycles. The van der Waals surface area contributed by atoms with E-state index < -0.39 is 34.6 Å². The fourth-order valence-electron chi connectivity index (χ4n) is 8.77. The van der Waals surface area contributed by atoms with Gasteiger partial charge in [-0.25, -0.2) is 0 Å². The second-order valence-electron chi connectivity index (χ2n) is 11.5. The van der Waals surface area contributed by atoms with Crippen molar-refractivity contribution in [1.82, 2.24) is 0 Å². The molecule has 6 heteroatoms. The molecule has 162 valence electrons. The summed E-state index contributed by atoms with van der Waals surface area (Å²) in [6.07, 6.45) is 0.284. The molecule has 4 aliphatic carbocycles. The SMILES string of the molecule is C=C1CC(C)(C)[C@H]2[C@H](O)C34OC[C@]2(C1=O)[C@@H]1CC[C@H]2C(=C)C(=O)[C@]13[C@@H]2OC(C)(C)O4. The van der Waals surface area contributed by atoms with Crippen molar-refractivity contribution in [2.75, 3.05) is 6.61 Å². The molecule has 4 bridgehead atoms. The molecule has 6 nitrogen and oxygen atoms in total. The second-order valence-corrected chi connectivity index (χ2v) is 11.5. The number of hydrogen-bond donors (Lipinski definition) is 1. The second kappa shape index (κ2) is 5.01. The van der Waals surface area contributed by atoms with Gasteiger partial charge in [0, 0.05) is 11.8 Å². The van der Waals surface area contributed by atoms with Gasteiger partial charge in [0.15, 0.2) is 17.4 Å². The third-order valence-corrected chi connectivity index (χ3v) is 9.29. The van der Waals surface area contributed by atoms with Crippen molar-refractivity contribution in [1.29, 1.82) is 0 Å². The van der Waals surface area contributed by atoms with Gasteiger partial charge in [-0.2, -0.15) is 0 Å². The van der Waals surface area contributed by atoms with E-state index in [1.165, 1.54) is 0 Å². The first kappa shape index (κ1) is 19.4. The summed E-state index contributed by atoms with van der Waals surface area (Å²) in [6, 6.07) is 0. The predicted molar refractivity (Wildman–Crippen MR) is 106 cm³/mol. The van der Waals surface area contributed by atoms with Crippen LogP contribution in [0, 0.1) is 34.0 Å². The van der Waals surface area contributed by atoms with Crippen LogP contribution >= 0.6 is 0 Å². The third-order valence-electron chi connectivity index (χ3n) is 9.29. The normalized spacial score (nSPS) is 54.8. The Bertz CT molecular complexity index is 947. The first-order valence-electron chi connectivity index (χ1n) is 11.0. The summed E-state index contributed by atoms with van der Waals surface area (Å²) in [4.78, 5) is 27.8. The van der Waals surface area contributed by atoms with Crippen LogP contribution in [0.2, 0.25) is 0 Å². The van der Waals surface area contributed by atoms with Crippen molar-refractivity contribution in [2.24, 2.45) is 34.0 Å². The van der Waals surface area contributed by atoms with Crippen LogP contribution in [0.1, 0.15) is 47.0 Å². The van der Waals surface area contributed by atoms with Crippen molar-refractivity contribution in [3.63, 3.8) is 0 Å². The van der Waals surface area contributed by atoms with Gasteiger partial charge in [0.1, 0.15) is 11.5 Å². The quantitative estimate of drug-likeness (QED) is 0.614. The van der Waals surface area contributed by atoms with E-state index in [0.29, 0.717) is 24.0 Å². The highest BCUT2D eigenvalue weighted by molar-refractivity contribution is 6.08. The first-order valence-corrected chi connectivity index (χ1v) is 11.0. The molecule has 0 aromatic carbocycles. The van der Waals surface area contributed by atoms with Gasteiger partial charge in [-0.3, -0.25) is 9.59 Å². The van der Waals surface area contributed by atoms with Crippen LogP contribution in [0.4, 0.5) is 0 Å². The summed E-state index contributed by atoms with van der Waals surface area (Å²) in [5, 5.41) is 12.0. The minimum Gasteiger partial charge on any atom is -0.387 e. The molecule has 1 unspecified atom stereocenters. The first-order chi connectivity index (χ1) is 13.9. The number of carbonyl (C=O) groups excluding carboxylic acids is 2. The van der Waals surface area contributed by atoms with Crippen molar-refractivity contribution in [3.05, 3.63) is 24.3 Å². The summed E-state index contributed by atoms with van der Waals surface area (Å²) < 4.78 is 19.2. The van der Waals surface area contributed by atoms with E-state index in [1.807, 2.05) is 0 Å². The molecule has 0 amide bonds. The van der Waals surface area contributed by atoms with Crippen molar-refractivity contribution in [3.8, 4) is 0 Å². The highest BCUT2D eigenvalue weighted by Gasteiger charge is 2.90. The smallest absolute Gasteiger partial charge is 0.213 e. The zero-order chi connectivity index (χ0) is 21.6. The van der Waals surface area contributed by atoms with E-state index in [0.717, 1.165) is 6.42 Å². The fourth-order valence-corrected chi connectivity index (χ4v) is 8.77. The molecule has 0 aromatic heterocycles. The average molecular weight is 414 g/mol. The summed E-state index contributed by atoms with van der Waals surface area (Å²) in [6.45, 7) is 16.1. The third kappa shape index (κ3) is 1.63. The number of aliphatic hydroxyl groups is 1. The lowest BCUT2D eigenvalue weighted by molar-refractivity contribution is -0.523. The van der Waals surface area contributed by atoms with Gasteiger partial charge in [0.25, 0.3) is 0 Å². The molecule has 1 N–H and O–H groups in total. The summed E-state index contributed by atoms with van der Waals surface area (Å²) >= 11 is 0. The molecule has 3 heterocycles. The highest BCUT2D eigenvalue weighted by Crippen LogP contribution is 2.78. The molecule has 7 rings (SSSR count). The van der Waals surface area contributed by atoms with E-state index in [1.54, 1.807) is 13.8 Å². The number of carbonyl (C=O) groups is 2. The maximum Gasteiger partial charge on any atom is 0.213 e. The largest absolute Gasteiger partial charge is 0.387 e. The van der Waals surface area contributed by atoms with Crippen LogP contribution in [-0.2, 0) is 23.8 Å². The zero-order valence-electron chi connectivity index (χ0n) is 18.1. The van der Waals surface area contributed by atoms with Gasteiger partial charge in [-0.1, -0.05) is 27.0 Å². The van der Waals surface area contributed by atoms with Crippen molar-refractivity contribution < 1.29 is 28.9 Å². The van der Waals surface area contributed by atoms with Gasteiger partial charge in [0.2, 0.25) is 5.79 Å². The average Bonchev–Trinajstić information content (AvgIpc) is 2.76. The molecule has 3 saturated heterocycles. The molecular formula is C24H30O6. The van der Waals surface area contributed by atoms with Gasteiger partial charge >= 0.3 is 0 Å². The Morgan fingerprint density at radius 1 is 1.07 bits per heavy atom. The molecule has 30 heavy (non-hydrogen) atoms. The Morgan fingerprint density at radius 3 is 2.47 bits per heavy atom. The summed E-state index contributed by atoms with van der Waals surface area (Å²) in [7, 11) is 0. The zero-order valence-corrected chi connectivity index (χ0v) is 18.1. The lowest BCUT2D eigenvalue weighted by atomic mass is 9.35. The fraction of sp³-hybridized carbons (Fsp3) is 0.750. The number of Topliss-reactive ketones (excluding diaryl/α,β-unsaturated/α-hetero) is 2.